The number of amides is 1. The van der Waals surface area contributed by atoms with Crippen LogP contribution in [0, 0.1) is 13.8 Å². The molecule has 5 nitrogen and oxygen atoms in total. The van der Waals surface area contributed by atoms with Crippen molar-refractivity contribution >= 4 is 50.7 Å². The Labute approximate surface area is 198 Å². The first-order valence-corrected chi connectivity index (χ1v) is 10.9. The lowest BCUT2D eigenvalue weighted by Crippen LogP contribution is -2.14. The summed E-state index contributed by atoms with van der Waals surface area (Å²) >= 11 is 15.5. The molecule has 0 radical (unpaired) electrons. The van der Waals surface area contributed by atoms with Gasteiger partial charge in [0.15, 0.2) is 5.82 Å². The molecular weight excluding hydrogens is 499 g/mol. The molecule has 0 fully saturated rings. The smallest absolute Gasteiger partial charge is 0.295 e. The van der Waals surface area contributed by atoms with Crippen molar-refractivity contribution in [1.29, 1.82) is 0 Å². The first-order chi connectivity index (χ1) is 14.8. The fourth-order valence-electron chi connectivity index (χ4n) is 2.99. The molecule has 156 valence electrons. The van der Waals surface area contributed by atoms with Gasteiger partial charge >= 0.3 is 0 Å². The molecular formula is C23H17BrCl2N4O. The number of rotatable bonds is 4. The lowest BCUT2D eigenvalue weighted by atomic mass is 10.1. The lowest BCUT2D eigenvalue weighted by molar-refractivity contribution is 0.101. The van der Waals surface area contributed by atoms with E-state index in [0.29, 0.717) is 21.6 Å². The molecule has 31 heavy (non-hydrogen) atoms. The Bertz CT molecular complexity index is 1290. The number of carbonyl (C=O) groups is 1. The number of aryl methyl sites for hydroxylation is 2. The zero-order chi connectivity index (χ0) is 22.1. The van der Waals surface area contributed by atoms with E-state index in [-0.39, 0.29) is 5.82 Å². The van der Waals surface area contributed by atoms with Crippen LogP contribution in [0.5, 0.6) is 0 Å². The van der Waals surface area contributed by atoms with Gasteiger partial charge in [0, 0.05) is 15.7 Å². The SMILES string of the molecule is Cc1ccc(-n2nc(C(=O)Nc3ccc(Cl)c(Cl)c3)nc2-c2ccc(Br)cc2)cc1C. The van der Waals surface area contributed by atoms with Gasteiger partial charge in [-0.2, -0.15) is 0 Å². The first-order valence-electron chi connectivity index (χ1n) is 9.39. The Morgan fingerprint density at radius 3 is 2.35 bits per heavy atom. The predicted molar refractivity (Wildman–Crippen MR) is 128 cm³/mol. The van der Waals surface area contributed by atoms with E-state index in [9.17, 15) is 4.79 Å². The van der Waals surface area contributed by atoms with Crippen molar-refractivity contribution in [3.63, 3.8) is 0 Å². The summed E-state index contributed by atoms with van der Waals surface area (Å²) in [5, 5.41) is 8.04. The third-order valence-corrected chi connectivity index (χ3v) is 6.09. The number of nitrogens with one attached hydrogen (secondary N) is 1. The molecule has 1 heterocycles. The number of hydrogen-bond donors (Lipinski definition) is 1. The Balaban J connectivity index is 1.76. The van der Waals surface area contributed by atoms with Crippen LogP contribution in [-0.4, -0.2) is 20.7 Å². The van der Waals surface area contributed by atoms with Gasteiger partial charge in [0.2, 0.25) is 5.82 Å². The summed E-state index contributed by atoms with van der Waals surface area (Å²) in [5.74, 6) is 0.164. The second kappa shape index (κ2) is 8.83. The molecule has 4 aromatic rings. The van der Waals surface area contributed by atoms with E-state index in [4.69, 9.17) is 23.2 Å². The van der Waals surface area contributed by atoms with Crippen molar-refractivity contribution in [3.05, 3.63) is 92.1 Å². The number of nitrogens with zero attached hydrogens (tertiary/aromatic N) is 3. The molecule has 1 aromatic heterocycles. The van der Waals surface area contributed by atoms with Gasteiger partial charge in [0.1, 0.15) is 0 Å². The zero-order valence-corrected chi connectivity index (χ0v) is 19.8. The summed E-state index contributed by atoms with van der Waals surface area (Å²) in [5.41, 5.74) is 4.46. The average molecular weight is 516 g/mol. The first kappa shape index (κ1) is 21.6. The van der Waals surface area contributed by atoms with E-state index < -0.39 is 5.91 Å². The Morgan fingerprint density at radius 1 is 0.935 bits per heavy atom. The summed E-state index contributed by atoms with van der Waals surface area (Å²) in [6.07, 6.45) is 0. The van der Waals surface area contributed by atoms with Crippen molar-refractivity contribution in [3.8, 4) is 17.1 Å². The van der Waals surface area contributed by atoms with E-state index in [0.717, 1.165) is 21.3 Å². The minimum Gasteiger partial charge on any atom is -0.319 e. The molecule has 8 heteroatoms. The third-order valence-electron chi connectivity index (χ3n) is 4.83. The molecule has 1 N–H and O–H groups in total. The molecule has 1 amide bonds. The highest BCUT2D eigenvalue weighted by atomic mass is 79.9. The van der Waals surface area contributed by atoms with Crippen LogP contribution in [0.2, 0.25) is 10.0 Å². The summed E-state index contributed by atoms with van der Waals surface area (Å²) in [6, 6.07) is 18.6. The maximum atomic E-state index is 12.9. The summed E-state index contributed by atoms with van der Waals surface area (Å²) in [4.78, 5) is 17.4. The molecule has 0 unspecified atom stereocenters. The number of hydrogen-bond acceptors (Lipinski definition) is 3. The van der Waals surface area contributed by atoms with Gasteiger partial charge in [0.05, 0.1) is 15.7 Å². The van der Waals surface area contributed by atoms with Crippen LogP contribution in [0.25, 0.3) is 17.1 Å². The van der Waals surface area contributed by atoms with Crippen LogP contribution in [-0.2, 0) is 0 Å². The second-order valence-corrected chi connectivity index (χ2v) is 8.76. The van der Waals surface area contributed by atoms with E-state index in [1.165, 1.54) is 5.56 Å². The summed E-state index contributed by atoms with van der Waals surface area (Å²) in [6.45, 7) is 4.08. The van der Waals surface area contributed by atoms with Gasteiger partial charge in [0.25, 0.3) is 5.91 Å². The molecule has 0 saturated carbocycles. The average Bonchev–Trinajstić information content (AvgIpc) is 3.19. The Kier molecular flexibility index (Phi) is 6.14. The zero-order valence-electron chi connectivity index (χ0n) is 16.7. The van der Waals surface area contributed by atoms with Crippen molar-refractivity contribution < 1.29 is 4.79 Å². The Hall–Kier alpha value is -2.67. The van der Waals surface area contributed by atoms with E-state index in [1.54, 1.807) is 22.9 Å². The summed E-state index contributed by atoms with van der Waals surface area (Å²) < 4.78 is 2.63. The second-order valence-electron chi connectivity index (χ2n) is 7.03. The lowest BCUT2D eigenvalue weighted by Gasteiger charge is -2.08. The largest absolute Gasteiger partial charge is 0.319 e. The van der Waals surface area contributed by atoms with Crippen LogP contribution >= 0.6 is 39.1 Å². The van der Waals surface area contributed by atoms with Crippen molar-refractivity contribution in [1.82, 2.24) is 14.8 Å². The minimum absolute atomic E-state index is 0.0437. The highest BCUT2D eigenvalue weighted by Crippen LogP contribution is 2.27. The highest BCUT2D eigenvalue weighted by molar-refractivity contribution is 9.10. The van der Waals surface area contributed by atoms with Crippen molar-refractivity contribution in [2.45, 2.75) is 13.8 Å². The number of benzene rings is 3. The highest BCUT2D eigenvalue weighted by Gasteiger charge is 2.19. The van der Waals surface area contributed by atoms with Crippen LogP contribution < -0.4 is 5.32 Å². The molecule has 0 spiro atoms. The molecule has 3 aromatic carbocycles. The molecule has 0 saturated heterocycles. The van der Waals surface area contributed by atoms with Crippen LogP contribution in [0.1, 0.15) is 21.7 Å². The molecule has 0 bridgehead atoms. The maximum Gasteiger partial charge on any atom is 0.295 e. The fraction of sp³-hybridized carbons (Fsp3) is 0.0870. The van der Waals surface area contributed by atoms with Crippen molar-refractivity contribution in [2.24, 2.45) is 0 Å². The van der Waals surface area contributed by atoms with Crippen molar-refractivity contribution in [2.75, 3.05) is 5.32 Å². The van der Waals surface area contributed by atoms with E-state index in [2.05, 4.69) is 31.3 Å². The van der Waals surface area contributed by atoms with Crippen LogP contribution in [0.4, 0.5) is 5.69 Å². The summed E-state index contributed by atoms with van der Waals surface area (Å²) in [7, 11) is 0. The minimum atomic E-state index is -0.445. The standard InChI is InChI=1S/C23H17BrCl2N4O/c1-13-3-9-18(11-14(13)2)30-22(15-4-6-16(24)7-5-15)28-21(29-30)23(31)27-17-8-10-19(25)20(26)12-17/h3-12H,1-2H3,(H,27,31). The molecule has 0 aliphatic rings. The van der Waals surface area contributed by atoms with Gasteiger partial charge in [-0.1, -0.05) is 57.3 Å². The molecule has 0 atom stereocenters. The van der Waals surface area contributed by atoms with Crippen LogP contribution in [0.3, 0.4) is 0 Å². The maximum absolute atomic E-state index is 12.9. The number of aromatic nitrogens is 3. The van der Waals surface area contributed by atoms with E-state index in [1.807, 2.05) is 56.3 Å². The van der Waals surface area contributed by atoms with Gasteiger partial charge in [-0.25, -0.2) is 9.67 Å². The van der Waals surface area contributed by atoms with Gasteiger partial charge in [-0.05, 0) is 67.4 Å². The molecule has 0 aliphatic carbocycles. The van der Waals surface area contributed by atoms with Gasteiger partial charge in [-0.15, -0.1) is 5.10 Å². The van der Waals surface area contributed by atoms with Crippen LogP contribution in [0.15, 0.2) is 65.1 Å². The number of anilines is 1. The number of halogens is 3. The van der Waals surface area contributed by atoms with Gasteiger partial charge < -0.3 is 5.32 Å². The Morgan fingerprint density at radius 2 is 1.68 bits per heavy atom. The molecule has 4 rings (SSSR count). The predicted octanol–water partition coefficient (Wildman–Crippen LogP) is 6.87. The monoisotopic (exact) mass is 514 g/mol. The van der Waals surface area contributed by atoms with E-state index >= 15 is 0 Å². The quantitative estimate of drug-likeness (QED) is 0.322. The number of carbonyl (C=O) groups excluding carboxylic acids is 1. The normalized spacial score (nSPS) is 10.9. The van der Waals surface area contributed by atoms with Gasteiger partial charge in [-0.3, -0.25) is 4.79 Å². The molecule has 0 aliphatic heterocycles. The fourth-order valence-corrected chi connectivity index (χ4v) is 3.55. The topological polar surface area (TPSA) is 59.8 Å². The third kappa shape index (κ3) is 4.66.